The highest BCUT2D eigenvalue weighted by Gasteiger charge is 2.09. The van der Waals surface area contributed by atoms with Gasteiger partial charge in [0.2, 0.25) is 0 Å². The average Bonchev–Trinajstić information content (AvgIpc) is 2.88. The van der Waals surface area contributed by atoms with Gasteiger partial charge >= 0.3 is 0 Å². The monoisotopic (exact) mass is 300 g/mol. The number of aromatic nitrogens is 1. The average molecular weight is 300 g/mol. The Hall–Kier alpha value is -2.60. The molecule has 21 heavy (non-hydrogen) atoms. The molecule has 6 heteroatoms. The molecule has 0 aliphatic carbocycles. The maximum Gasteiger partial charge on any atom is 0.271 e. The number of rotatable bonds is 3. The fraction of sp³-hybridized carbons (Fsp3) is 0. The number of halogens is 1. The number of thiazole rings is 1. The van der Waals surface area contributed by atoms with Crippen molar-refractivity contribution >= 4 is 39.4 Å². The van der Waals surface area contributed by atoms with Gasteiger partial charge in [0.05, 0.1) is 15.1 Å². The molecular weight excluding hydrogens is 291 g/mol. The van der Waals surface area contributed by atoms with Crippen LogP contribution in [0.5, 0.6) is 0 Å². The summed E-state index contributed by atoms with van der Waals surface area (Å²) in [5.74, 6) is -0.278. The third kappa shape index (κ3) is 2.95. The Labute approximate surface area is 123 Å². The van der Waals surface area contributed by atoms with E-state index in [0.717, 1.165) is 15.3 Å². The Balaban J connectivity index is 1.90. The predicted octanol–water partition coefficient (Wildman–Crippen LogP) is 4.51. The van der Waals surface area contributed by atoms with Gasteiger partial charge in [-0.3, -0.25) is 10.1 Å². The maximum absolute atomic E-state index is 12.8. The van der Waals surface area contributed by atoms with Gasteiger partial charge in [0.1, 0.15) is 10.8 Å². The van der Waals surface area contributed by atoms with Crippen molar-refractivity contribution in [1.29, 1.82) is 0 Å². The summed E-state index contributed by atoms with van der Waals surface area (Å²) in [5.41, 5.74) is 1.50. The minimum atomic E-state index is -0.438. The zero-order valence-corrected chi connectivity index (χ0v) is 11.5. The van der Waals surface area contributed by atoms with Gasteiger partial charge < -0.3 is 0 Å². The summed E-state index contributed by atoms with van der Waals surface area (Å²) in [6.45, 7) is 0. The van der Waals surface area contributed by atoms with Crippen LogP contribution < -0.4 is 0 Å². The van der Waals surface area contributed by atoms with Gasteiger partial charge in [-0.1, -0.05) is 18.2 Å². The minimum Gasteiger partial charge on any atom is -0.258 e. The SMILES string of the molecule is O=[N+]([O-])c1ccc2sc(/C=C/c3ccc(F)cc3)nc2c1. The number of benzene rings is 2. The molecule has 0 N–H and O–H groups in total. The first-order chi connectivity index (χ1) is 10.1. The van der Waals surface area contributed by atoms with E-state index in [1.54, 1.807) is 18.2 Å². The van der Waals surface area contributed by atoms with Crippen LogP contribution in [0, 0.1) is 15.9 Å². The molecule has 0 saturated carbocycles. The summed E-state index contributed by atoms with van der Waals surface area (Å²) in [7, 11) is 0. The lowest BCUT2D eigenvalue weighted by Gasteiger charge is -1.91. The third-order valence-electron chi connectivity index (χ3n) is 2.89. The van der Waals surface area contributed by atoms with Crippen molar-refractivity contribution in [3.05, 3.63) is 69.0 Å². The molecular formula is C15H9FN2O2S. The number of hydrogen-bond donors (Lipinski definition) is 0. The van der Waals surface area contributed by atoms with Crippen LogP contribution in [0.3, 0.4) is 0 Å². The standard InChI is InChI=1S/C15H9FN2O2S/c16-11-4-1-10(2-5-11)3-8-15-17-13-9-12(18(19)20)6-7-14(13)21-15/h1-9H/b8-3+. The second-order valence-corrected chi connectivity index (χ2v) is 5.41. The van der Waals surface area contributed by atoms with Gasteiger partial charge in [-0.25, -0.2) is 9.37 Å². The number of nitro groups is 1. The highest BCUT2D eigenvalue weighted by atomic mass is 32.1. The Morgan fingerprint density at radius 1 is 1.14 bits per heavy atom. The Morgan fingerprint density at radius 2 is 1.90 bits per heavy atom. The van der Waals surface area contributed by atoms with E-state index in [1.165, 1.54) is 35.6 Å². The summed E-state index contributed by atoms with van der Waals surface area (Å²) in [6, 6.07) is 10.7. The molecule has 0 aliphatic rings. The molecule has 104 valence electrons. The van der Waals surface area contributed by atoms with Crippen LogP contribution in [-0.2, 0) is 0 Å². The van der Waals surface area contributed by atoms with Crippen molar-refractivity contribution in [2.24, 2.45) is 0 Å². The van der Waals surface area contributed by atoms with E-state index in [0.29, 0.717) is 5.52 Å². The number of nitro benzene ring substituents is 1. The van der Waals surface area contributed by atoms with Crippen molar-refractivity contribution in [3.63, 3.8) is 0 Å². The molecule has 0 bridgehead atoms. The van der Waals surface area contributed by atoms with E-state index < -0.39 is 4.92 Å². The van der Waals surface area contributed by atoms with E-state index in [-0.39, 0.29) is 11.5 Å². The van der Waals surface area contributed by atoms with E-state index in [4.69, 9.17) is 0 Å². The van der Waals surface area contributed by atoms with E-state index in [9.17, 15) is 14.5 Å². The van der Waals surface area contributed by atoms with Crippen molar-refractivity contribution in [2.75, 3.05) is 0 Å². The van der Waals surface area contributed by atoms with Crippen molar-refractivity contribution in [2.45, 2.75) is 0 Å². The van der Waals surface area contributed by atoms with E-state index >= 15 is 0 Å². The molecule has 0 radical (unpaired) electrons. The summed E-state index contributed by atoms with van der Waals surface area (Å²) >= 11 is 1.45. The highest BCUT2D eigenvalue weighted by molar-refractivity contribution is 7.19. The van der Waals surface area contributed by atoms with Gasteiger partial charge in [-0.05, 0) is 29.8 Å². The lowest BCUT2D eigenvalue weighted by molar-refractivity contribution is -0.384. The first kappa shape index (κ1) is 13.4. The van der Waals surface area contributed by atoms with Crippen LogP contribution in [0.4, 0.5) is 10.1 Å². The largest absolute Gasteiger partial charge is 0.271 e. The molecule has 1 heterocycles. The number of non-ortho nitro benzene ring substituents is 1. The molecule has 4 nitrogen and oxygen atoms in total. The third-order valence-corrected chi connectivity index (χ3v) is 3.89. The Kier molecular flexibility index (Phi) is 3.45. The Morgan fingerprint density at radius 3 is 2.62 bits per heavy atom. The molecule has 1 aromatic heterocycles. The molecule has 3 aromatic rings. The highest BCUT2D eigenvalue weighted by Crippen LogP contribution is 2.27. The van der Waals surface area contributed by atoms with Crippen molar-refractivity contribution < 1.29 is 9.31 Å². The van der Waals surface area contributed by atoms with Crippen molar-refractivity contribution in [1.82, 2.24) is 4.98 Å². The van der Waals surface area contributed by atoms with Gasteiger partial charge in [0.25, 0.3) is 5.69 Å². The van der Waals surface area contributed by atoms with Gasteiger partial charge in [0.15, 0.2) is 0 Å². The van der Waals surface area contributed by atoms with E-state index in [1.807, 2.05) is 12.2 Å². The molecule has 0 spiro atoms. The normalized spacial score (nSPS) is 11.3. The summed E-state index contributed by atoms with van der Waals surface area (Å²) in [4.78, 5) is 14.6. The molecule has 0 unspecified atom stereocenters. The second kappa shape index (κ2) is 5.41. The van der Waals surface area contributed by atoms with Crippen LogP contribution in [0.25, 0.3) is 22.4 Å². The second-order valence-electron chi connectivity index (χ2n) is 4.35. The quantitative estimate of drug-likeness (QED) is 0.528. The minimum absolute atomic E-state index is 0.0295. The van der Waals surface area contributed by atoms with Gasteiger partial charge in [0, 0.05) is 12.1 Å². The van der Waals surface area contributed by atoms with Crippen LogP contribution >= 0.6 is 11.3 Å². The molecule has 0 fully saturated rings. The zero-order valence-electron chi connectivity index (χ0n) is 10.7. The fourth-order valence-electron chi connectivity index (χ4n) is 1.86. The summed E-state index contributed by atoms with van der Waals surface area (Å²) in [6.07, 6.45) is 3.63. The van der Waals surface area contributed by atoms with E-state index in [2.05, 4.69) is 4.98 Å². The van der Waals surface area contributed by atoms with Crippen molar-refractivity contribution in [3.8, 4) is 0 Å². The molecule has 0 amide bonds. The molecule has 0 saturated heterocycles. The molecule has 2 aromatic carbocycles. The van der Waals surface area contributed by atoms with Crippen LogP contribution in [0.2, 0.25) is 0 Å². The lowest BCUT2D eigenvalue weighted by Crippen LogP contribution is -1.86. The van der Waals surface area contributed by atoms with Crippen LogP contribution in [0.1, 0.15) is 10.6 Å². The lowest BCUT2D eigenvalue weighted by atomic mass is 10.2. The summed E-state index contributed by atoms with van der Waals surface area (Å²) < 4.78 is 13.7. The molecule has 3 rings (SSSR count). The predicted molar refractivity (Wildman–Crippen MR) is 81.6 cm³/mol. The molecule has 0 aliphatic heterocycles. The zero-order chi connectivity index (χ0) is 14.8. The smallest absolute Gasteiger partial charge is 0.258 e. The maximum atomic E-state index is 12.8. The number of fused-ring (bicyclic) bond motifs is 1. The number of hydrogen-bond acceptors (Lipinski definition) is 4. The number of nitrogens with zero attached hydrogens (tertiary/aromatic N) is 2. The summed E-state index contributed by atoms with van der Waals surface area (Å²) in [5, 5.41) is 11.5. The molecule has 0 atom stereocenters. The topological polar surface area (TPSA) is 56.0 Å². The van der Waals surface area contributed by atoms with Gasteiger partial charge in [-0.2, -0.15) is 0 Å². The van der Waals surface area contributed by atoms with Gasteiger partial charge in [-0.15, -0.1) is 11.3 Å². The fourth-order valence-corrected chi connectivity index (χ4v) is 2.71. The van der Waals surface area contributed by atoms with Crippen LogP contribution in [-0.4, -0.2) is 9.91 Å². The first-order valence-electron chi connectivity index (χ1n) is 6.10. The Bertz CT molecular complexity index is 841. The van der Waals surface area contributed by atoms with Crippen LogP contribution in [0.15, 0.2) is 42.5 Å². The first-order valence-corrected chi connectivity index (χ1v) is 6.92.